The van der Waals surface area contributed by atoms with Gasteiger partial charge in [0.05, 0.1) is 18.5 Å². The van der Waals surface area contributed by atoms with Gasteiger partial charge in [-0.05, 0) is 48.9 Å². The number of benzene rings is 2. The van der Waals surface area contributed by atoms with Gasteiger partial charge < -0.3 is 14.9 Å². The van der Waals surface area contributed by atoms with E-state index in [9.17, 15) is 15.0 Å². The standard InChI is InChI=1S/C25H30N4O4/c1-2-3-4-5-6-7-14-33-21-12-9-18(10-13-21)22-16-23(28-27-22)25(32)29-26-17-19-8-11-20(30)15-24(19)31/h8-13,15-17,30-31H,2-7,14H2,1H3,(H,27,28)(H,29,32)/b26-17-. The number of rotatable bonds is 12. The summed E-state index contributed by atoms with van der Waals surface area (Å²) in [6.07, 6.45) is 8.64. The molecule has 0 bridgehead atoms. The number of aromatic nitrogens is 2. The van der Waals surface area contributed by atoms with Crippen LogP contribution < -0.4 is 10.2 Å². The van der Waals surface area contributed by atoms with E-state index < -0.39 is 5.91 Å². The number of H-pyrrole nitrogens is 1. The van der Waals surface area contributed by atoms with E-state index in [4.69, 9.17) is 4.74 Å². The van der Waals surface area contributed by atoms with Crippen molar-refractivity contribution in [3.8, 4) is 28.5 Å². The Morgan fingerprint density at radius 2 is 1.82 bits per heavy atom. The molecular weight excluding hydrogens is 420 g/mol. The normalized spacial score (nSPS) is 11.1. The Morgan fingerprint density at radius 3 is 2.58 bits per heavy atom. The lowest BCUT2D eigenvalue weighted by Gasteiger charge is -2.06. The number of carbonyl (C=O) groups excluding carboxylic acids is 1. The maximum atomic E-state index is 12.3. The molecule has 0 radical (unpaired) electrons. The van der Waals surface area contributed by atoms with Crippen molar-refractivity contribution < 1.29 is 19.7 Å². The number of hydrazone groups is 1. The zero-order valence-electron chi connectivity index (χ0n) is 18.8. The van der Waals surface area contributed by atoms with Gasteiger partial charge in [0.1, 0.15) is 22.9 Å². The van der Waals surface area contributed by atoms with Crippen LogP contribution in [0.5, 0.6) is 17.2 Å². The van der Waals surface area contributed by atoms with Crippen LogP contribution in [0.2, 0.25) is 0 Å². The maximum absolute atomic E-state index is 12.3. The predicted octanol–water partition coefficient (Wildman–Crippen LogP) is 4.99. The third kappa shape index (κ3) is 7.38. The lowest BCUT2D eigenvalue weighted by molar-refractivity contribution is 0.0950. The van der Waals surface area contributed by atoms with Gasteiger partial charge in [0, 0.05) is 17.2 Å². The average Bonchev–Trinajstić information content (AvgIpc) is 3.31. The minimum Gasteiger partial charge on any atom is -0.508 e. The third-order valence-electron chi connectivity index (χ3n) is 5.12. The molecule has 2 aromatic carbocycles. The summed E-state index contributed by atoms with van der Waals surface area (Å²) < 4.78 is 5.80. The van der Waals surface area contributed by atoms with Crippen LogP contribution in [0.15, 0.2) is 53.6 Å². The number of nitrogens with one attached hydrogen (secondary N) is 2. The number of ether oxygens (including phenoxy) is 1. The van der Waals surface area contributed by atoms with Crippen LogP contribution in [0.4, 0.5) is 0 Å². The number of hydrogen-bond acceptors (Lipinski definition) is 6. The second-order valence-electron chi connectivity index (χ2n) is 7.75. The van der Waals surface area contributed by atoms with Crippen LogP contribution >= 0.6 is 0 Å². The Kier molecular flexibility index (Phi) is 8.88. The molecule has 0 aliphatic rings. The minimum atomic E-state index is -0.470. The molecule has 0 fully saturated rings. The zero-order chi connectivity index (χ0) is 23.5. The summed E-state index contributed by atoms with van der Waals surface area (Å²) in [5, 5.41) is 29.8. The fourth-order valence-corrected chi connectivity index (χ4v) is 3.24. The van der Waals surface area contributed by atoms with Crippen molar-refractivity contribution in [3.63, 3.8) is 0 Å². The van der Waals surface area contributed by atoms with Gasteiger partial charge in [0.15, 0.2) is 0 Å². The summed E-state index contributed by atoms with van der Waals surface area (Å²) in [4.78, 5) is 12.3. The van der Waals surface area contributed by atoms with E-state index in [0.29, 0.717) is 17.9 Å². The lowest BCUT2D eigenvalue weighted by Crippen LogP contribution is -2.18. The van der Waals surface area contributed by atoms with E-state index in [1.54, 1.807) is 6.07 Å². The molecule has 1 heterocycles. The molecule has 0 saturated carbocycles. The molecule has 0 saturated heterocycles. The van der Waals surface area contributed by atoms with Gasteiger partial charge in [-0.1, -0.05) is 39.0 Å². The highest BCUT2D eigenvalue weighted by molar-refractivity contribution is 5.94. The van der Waals surface area contributed by atoms with Crippen molar-refractivity contribution in [1.82, 2.24) is 15.6 Å². The van der Waals surface area contributed by atoms with Gasteiger partial charge in [0.2, 0.25) is 0 Å². The number of aromatic amines is 1. The lowest BCUT2D eigenvalue weighted by atomic mass is 10.1. The molecule has 0 atom stereocenters. The van der Waals surface area contributed by atoms with Crippen LogP contribution in [0, 0.1) is 0 Å². The van der Waals surface area contributed by atoms with E-state index in [1.165, 1.54) is 56.5 Å². The Labute approximate surface area is 193 Å². The topological polar surface area (TPSA) is 120 Å². The number of phenols is 2. The van der Waals surface area contributed by atoms with E-state index in [-0.39, 0.29) is 17.2 Å². The van der Waals surface area contributed by atoms with Gasteiger partial charge in [-0.25, -0.2) is 5.43 Å². The second-order valence-corrected chi connectivity index (χ2v) is 7.75. The summed E-state index contributed by atoms with van der Waals surface area (Å²) in [7, 11) is 0. The Hall–Kier alpha value is -3.81. The first-order valence-corrected chi connectivity index (χ1v) is 11.2. The number of aromatic hydroxyl groups is 2. The van der Waals surface area contributed by atoms with Crippen LogP contribution in [0.25, 0.3) is 11.3 Å². The monoisotopic (exact) mass is 450 g/mol. The highest BCUT2D eigenvalue weighted by atomic mass is 16.5. The van der Waals surface area contributed by atoms with Crippen LogP contribution in [-0.2, 0) is 0 Å². The Morgan fingerprint density at radius 1 is 1.06 bits per heavy atom. The van der Waals surface area contributed by atoms with Crippen LogP contribution in [-0.4, -0.2) is 39.1 Å². The summed E-state index contributed by atoms with van der Waals surface area (Å²) in [5.74, 6) is 0.141. The van der Waals surface area contributed by atoms with Gasteiger partial charge in [-0.15, -0.1) is 0 Å². The van der Waals surface area contributed by atoms with Crippen LogP contribution in [0.3, 0.4) is 0 Å². The van der Waals surface area contributed by atoms with E-state index in [1.807, 2.05) is 24.3 Å². The van der Waals surface area contributed by atoms with E-state index in [2.05, 4.69) is 27.6 Å². The molecule has 8 nitrogen and oxygen atoms in total. The van der Waals surface area contributed by atoms with Crippen LogP contribution in [0.1, 0.15) is 61.5 Å². The molecule has 33 heavy (non-hydrogen) atoms. The first-order chi connectivity index (χ1) is 16.1. The molecular formula is C25H30N4O4. The fraction of sp³-hybridized carbons (Fsp3) is 0.320. The number of hydrogen-bond donors (Lipinski definition) is 4. The second kappa shape index (κ2) is 12.3. The fourth-order valence-electron chi connectivity index (χ4n) is 3.24. The highest BCUT2D eigenvalue weighted by Gasteiger charge is 2.11. The molecule has 174 valence electrons. The van der Waals surface area contributed by atoms with Gasteiger partial charge >= 0.3 is 0 Å². The largest absolute Gasteiger partial charge is 0.508 e. The van der Waals surface area contributed by atoms with Crippen molar-refractivity contribution in [2.75, 3.05) is 6.61 Å². The smallest absolute Gasteiger partial charge is 0.289 e. The molecule has 1 aromatic heterocycles. The number of amides is 1. The molecule has 0 aliphatic carbocycles. The molecule has 8 heteroatoms. The number of nitrogens with zero attached hydrogens (tertiary/aromatic N) is 2. The van der Waals surface area contributed by atoms with E-state index in [0.717, 1.165) is 17.7 Å². The van der Waals surface area contributed by atoms with Gasteiger partial charge in [0.25, 0.3) is 5.91 Å². The summed E-state index contributed by atoms with van der Waals surface area (Å²) in [5.41, 5.74) is 4.47. The summed E-state index contributed by atoms with van der Waals surface area (Å²) in [6, 6.07) is 13.3. The Bertz CT molecular complexity index is 1060. The van der Waals surface area contributed by atoms with Crippen molar-refractivity contribution in [1.29, 1.82) is 0 Å². The SMILES string of the molecule is CCCCCCCCOc1ccc(-c2cc(C(=O)N/N=C\c3ccc(O)cc3O)[nH]n2)cc1. The quantitative estimate of drug-likeness (QED) is 0.176. The summed E-state index contributed by atoms with van der Waals surface area (Å²) in [6.45, 7) is 2.93. The first kappa shape index (κ1) is 23.8. The maximum Gasteiger partial charge on any atom is 0.289 e. The molecule has 0 spiro atoms. The minimum absolute atomic E-state index is 0.0592. The Balaban J connectivity index is 1.48. The van der Waals surface area contributed by atoms with Gasteiger partial charge in [-0.2, -0.15) is 10.2 Å². The molecule has 0 unspecified atom stereocenters. The number of phenolic OH excluding ortho intramolecular Hbond substituents is 2. The molecule has 3 aromatic rings. The third-order valence-corrected chi connectivity index (χ3v) is 5.12. The highest BCUT2D eigenvalue weighted by Crippen LogP contribution is 2.22. The van der Waals surface area contributed by atoms with Crippen molar-refractivity contribution >= 4 is 12.1 Å². The van der Waals surface area contributed by atoms with Crippen molar-refractivity contribution in [2.45, 2.75) is 45.4 Å². The summed E-state index contributed by atoms with van der Waals surface area (Å²) >= 11 is 0. The van der Waals surface area contributed by atoms with Gasteiger partial charge in [-0.3, -0.25) is 9.89 Å². The molecule has 1 amide bonds. The molecule has 3 rings (SSSR count). The van der Waals surface area contributed by atoms with Crippen molar-refractivity contribution in [3.05, 3.63) is 59.8 Å². The molecule has 0 aliphatic heterocycles. The molecule has 4 N–H and O–H groups in total. The first-order valence-electron chi connectivity index (χ1n) is 11.2. The zero-order valence-corrected chi connectivity index (χ0v) is 18.8. The number of unbranched alkanes of at least 4 members (excludes halogenated alkanes) is 5. The average molecular weight is 451 g/mol. The predicted molar refractivity (Wildman–Crippen MR) is 128 cm³/mol. The van der Waals surface area contributed by atoms with E-state index >= 15 is 0 Å². The van der Waals surface area contributed by atoms with Crippen molar-refractivity contribution in [2.24, 2.45) is 5.10 Å². The number of carbonyl (C=O) groups is 1.